The highest BCUT2D eigenvalue weighted by molar-refractivity contribution is 5.97. The van der Waals surface area contributed by atoms with Gasteiger partial charge in [0.15, 0.2) is 5.78 Å². The number of urea groups is 1. The van der Waals surface area contributed by atoms with Crippen LogP contribution in [0.3, 0.4) is 0 Å². The van der Waals surface area contributed by atoms with Gasteiger partial charge in [-0.15, -0.1) is 0 Å². The third-order valence-corrected chi connectivity index (χ3v) is 6.04. The van der Waals surface area contributed by atoms with E-state index in [0.29, 0.717) is 24.1 Å². The molecule has 1 aliphatic rings. The van der Waals surface area contributed by atoms with Gasteiger partial charge in [-0.1, -0.05) is 24.3 Å². The van der Waals surface area contributed by atoms with Crippen molar-refractivity contribution in [1.82, 2.24) is 15.5 Å². The number of nitro groups is 1. The van der Waals surface area contributed by atoms with Crippen LogP contribution in [0.15, 0.2) is 53.7 Å². The van der Waals surface area contributed by atoms with Crippen molar-refractivity contribution in [3.05, 3.63) is 86.1 Å². The normalized spacial score (nSPS) is 15.7. The molecule has 0 saturated carbocycles. The lowest BCUT2D eigenvalue weighted by atomic mass is 9.93. The van der Waals surface area contributed by atoms with Crippen molar-refractivity contribution in [3.63, 3.8) is 0 Å². The van der Waals surface area contributed by atoms with Crippen molar-refractivity contribution in [2.75, 3.05) is 19.6 Å². The molecule has 184 valence electrons. The molecule has 0 fully saturated rings. The lowest BCUT2D eigenvalue weighted by Gasteiger charge is -2.37. The van der Waals surface area contributed by atoms with Crippen molar-refractivity contribution in [2.45, 2.75) is 33.2 Å². The first-order chi connectivity index (χ1) is 16.6. The number of non-ortho nitro benzene ring substituents is 1. The molecule has 1 heterocycles. The number of rotatable bonds is 10. The van der Waals surface area contributed by atoms with Gasteiger partial charge in [0.1, 0.15) is 0 Å². The number of allylic oxidation sites excluding steroid dienone is 1. The molecular formula is C25H28N4O6. The van der Waals surface area contributed by atoms with E-state index in [1.807, 2.05) is 26.0 Å². The number of Topliss-reactive ketones (excluding diaryl/α,β-unsaturated/α-hetero) is 1. The number of amides is 2. The Kier molecular flexibility index (Phi) is 7.98. The molecule has 2 aromatic carbocycles. The summed E-state index contributed by atoms with van der Waals surface area (Å²) in [6.07, 6.45) is 0.436. The fourth-order valence-electron chi connectivity index (χ4n) is 4.03. The van der Waals surface area contributed by atoms with Crippen molar-refractivity contribution >= 4 is 23.5 Å². The molecule has 35 heavy (non-hydrogen) atoms. The molecule has 1 aliphatic heterocycles. The Balaban J connectivity index is 1.70. The molecule has 0 spiro atoms. The maximum Gasteiger partial charge on any atom is 0.335 e. The second-order valence-corrected chi connectivity index (χ2v) is 8.47. The average molecular weight is 481 g/mol. The number of nitro benzene ring substituents is 1. The van der Waals surface area contributed by atoms with Gasteiger partial charge in [-0.05, 0) is 56.5 Å². The Morgan fingerprint density at radius 1 is 1.14 bits per heavy atom. The molecule has 1 unspecified atom stereocenters. The summed E-state index contributed by atoms with van der Waals surface area (Å²) in [7, 11) is 0. The van der Waals surface area contributed by atoms with Gasteiger partial charge in [-0.2, -0.15) is 0 Å². The number of aryl methyl sites for hydroxylation is 2. The van der Waals surface area contributed by atoms with Crippen molar-refractivity contribution < 1.29 is 24.4 Å². The summed E-state index contributed by atoms with van der Waals surface area (Å²) >= 11 is 0. The SMILES string of the molecule is CC1=C(C(=O)O)C(c2cccc([N+](=O)[O-])c2)N(CCCNCC(=O)c2ccc(C)c(C)c2)C(=O)N1. The van der Waals surface area contributed by atoms with E-state index < -0.39 is 23.0 Å². The van der Waals surface area contributed by atoms with Crippen LogP contribution in [-0.2, 0) is 4.79 Å². The van der Waals surface area contributed by atoms with E-state index in [9.17, 15) is 29.6 Å². The lowest BCUT2D eigenvalue weighted by Crippen LogP contribution is -2.49. The standard InChI is InChI=1S/C25H28N4O6/c1-15-8-9-18(12-16(15)2)21(30)14-26-10-5-11-28-23(19-6-4-7-20(13-19)29(34)35)22(24(31)32)17(3)27-25(28)33/h4,6-9,12-13,23,26H,5,10-11,14H2,1-3H3,(H,27,33)(H,31,32). The smallest absolute Gasteiger partial charge is 0.335 e. The molecule has 0 bridgehead atoms. The number of hydrogen-bond donors (Lipinski definition) is 3. The number of carbonyl (C=O) groups excluding carboxylic acids is 2. The minimum absolute atomic E-state index is 0.0509. The summed E-state index contributed by atoms with van der Waals surface area (Å²) in [5.41, 5.74) is 3.05. The zero-order valence-electron chi connectivity index (χ0n) is 19.8. The molecule has 0 aliphatic carbocycles. The highest BCUT2D eigenvalue weighted by Gasteiger charge is 2.37. The summed E-state index contributed by atoms with van der Waals surface area (Å²) < 4.78 is 0. The Bertz CT molecular complexity index is 1210. The summed E-state index contributed by atoms with van der Waals surface area (Å²) in [6.45, 7) is 6.13. The Morgan fingerprint density at radius 3 is 2.54 bits per heavy atom. The van der Waals surface area contributed by atoms with Crippen LogP contribution < -0.4 is 10.6 Å². The van der Waals surface area contributed by atoms with Crippen molar-refractivity contribution in [3.8, 4) is 0 Å². The Labute approximate surface area is 202 Å². The highest BCUT2D eigenvalue weighted by Crippen LogP contribution is 2.35. The van der Waals surface area contributed by atoms with Crippen LogP contribution in [0.25, 0.3) is 0 Å². The zero-order chi connectivity index (χ0) is 25.7. The number of benzene rings is 2. The first-order valence-electron chi connectivity index (χ1n) is 11.2. The van der Waals surface area contributed by atoms with Crippen LogP contribution >= 0.6 is 0 Å². The summed E-state index contributed by atoms with van der Waals surface area (Å²) in [6, 6.07) is 9.69. The molecule has 0 saturated heterocycles. The van der Waals surface area contributed by atoms with E-state index in [-0.39, 0.29) is 35.8 Å². The van der Waals surface area contributed by atoms with Crippen LogP contribution in [0.2, 0.25) is 0 Å². The predicted molar refractivity (Wildman–Crippen MR) is 129 cm³/mol. The van der Waals surface area contributed by atoms with E-state index >= 15 is 0 Å². The Hall–Kier alpha value is -4.05. The topological polar surface area (TPSA) is 142 Å². The number of nitrogens with one attached hydrogen (secondary N) is 2. The molecule has 2 amide bonds. The monoisotopic (exact) mass is 480 g/mol. The molecule has 0 aromatic heterocycles. The molecule has 1 atom stereocenters. The second-order valence-electron chi connectivity index (χ2n) is 8.47. The van der Waals surface area contributed by atoms with Crippen LogP contribution in [0.4, 0.5) is 10.5 Å². The fourth-order valence-corrected chi connectivity index (χ4v) is 4.03. The number of carboxylic acids is 1. The van der Waals surface area contributed by atoms with Gasteiger partial charge in [0, 0.05) is 29.9 Å². The summed E-state index contributed by atoms with van der Waals surface area (Å²) in [5.74, 6) is -1.27. The van der Waals surface area contributed by atoms with Gasteiger partial charge in [-0.25, -0.2) is 9.59 Å². The predicted octanol–water partition coefficient (Wildman–Crippen LogP) is 3.50. The number of aliphatic carboxylic acids is 1. The first kappa shape index (κ1) is 25.6. The van der Waals surface area contributed by atoms with Crippen LogP contribution in [-0.4, -0.2) is 52.3 Å². The largest absolute Gasteiger partial charge is 0.478 e. The quantitative estimate of drug-likeness (QED) is 0.204. The van der Waals surface area contributed by atoms with Crippen molar-refractivity contribution in [1.29, 1.82) is 0 Å². The molecule has 2 aromatic rings. The second kappa shape index (κ2) is 10.9. The highest BCUT2D eigenvalue weighted by atomic mass is 16.6. The van der Waals surface area contributed by atoms with Gasteiger partial charge in [-0.3, -0.25) is 14.9 Å². The van der Waals surface area contributed by atoms with Crippen molar-refractivity contribution in [2.24, 2.45) is 0 Å². The molecule has 10 heteroatoms. The Morgan fingerprint density at radius 2 is 1.89 bits per heavy atom. The van der Waals surface area contributed by atoms with E-state index in [1.165, 1.54) is 30.0 Å². The molecule has 10 nitrogen and oxygen atoms in total. The summed E-state index contributed by atoms with van der Waals surface area (Å²) in [5, 5.41) is 26.7. The van der Waals surface area contributed by atoms with Gasteiger partial charge < -0.3 is 20.6 Å². The minimum Gasteiger partial charge on any atom is -0.478 e. The van der Waals surface area contributed by atoms with Gasteiger partial charge in [0.2, 0.25) is 0 Å². The minimum atomic E-state index is -1.22. The number of nitrogens with zero attached hydrogens (tertiary/aromatic N) is 2. The number of hydrogen-bond acceptors (Lipinski definition) is 6. The van der Waals surface area contributed by atoms with E-state index in [4.69, 9.17) is 0 Å². The lowest BCUT2D eigenvalue weighted by molar-refractivity contribution is -0.384. The maximum atomic E-state index is 12.8. The third-order valence-electron chi connectivity index (χ3n) is 6.04. The third kappa shape index (κ3) is 5.90. The maximum absolute atomic E-state index is 12.8. The number of carbonyl (C=O) groups is 3. The molecule has 0 radical (unpaired) electrons. The van der Waals surface area contributed by atoms with Crippen LogP contribution in [0.5, 0.6) is 0 Å². The first-order valence-corrected chi connectivity index (χ1v) is 11.2. The summed E-state index contributed by atoms with van der Waals surface area (Å²) in [4.78, 5) is 49.3. The number of carboxylic acid groups (broad SMARTS) is 1. The number of ketones is 1. The fraction of sp³-hybridized carbons (Fsp3) is 0.320. The van der Waals surface area contributed by atoms with Crippen LogP contribution in [0, 0.1) is 24.0 Å². The van der Waals surface area contributed by atoms with Crippen LogP contribution in [0.1, 0.15) is 46.4 Å². The molecule has 3 N–H and O–H groups in total. The molecule has 3 rings (SSSR count). The van der Waals surface area contributed by atoms with Gasteiger partial charge in [0.05, 0.1) is 23.1 Å². The zero-order valence-corrected chi connectivity index (χ0v) is 19.8. The van der Waals surface area contributed by atoms with Gasteiger partial charge in [0.25, 0.3) is 5.69 Å². The van der Waals surface area contributed by atoms with Gasteiger partial charge >= 0.3 is 12.0 Å². The van der Waals surface area contributed by atoms with E-state index in [1.54, 1.807) is 12.1 Å². The average Bonchev–Trinajstić information content (AvgIpc) is 2.81. The van der Waals surface area contributed by atoms with E-state index in [0.717, 1.165) is 11.1 Å². The molecular weight excluding hydrogens is 452 g/mol. The van der Waals surface area contributed by atoms with E-state index in [2.05, 4.69) is 10.6 Å².